The second-order valence-corrected chi connectivity index (χ2v) is 7.41. The Balaban J connectivity index is 1.93. The van der Waals surface area contributed by atoms with Gasteiger partial charge in [0.2, 0.25) is 0 Å². The van der Waals surface area contributed by atoms with Gasteiger partial charge in [-0.15, -0.1) is 0 Å². The van der Waals surface area contributed by atoms with Crippen molar-refractivity contribution in [3.05, 3.63) is 77.1 Å². The first kappa shape index (κ1) is 19.0. The van der Waals surface area contributed by atoms with Gasteiger partial charge in [-0.05, 0) is 43.2 Å². The number of nitrogens with one attached hydrogen (secondary N) is 1. The maximum atomic E-state index is 12.9. The lowest BCUT2D eigenvalue weighted by molar-refractivity contribution is -0.138. The lowest BCUT2D eigenvalue weighted by atomic mass is 9.80. The zero-order chi connectivity index (χ0) is 20.5. The minimum Gasteiger partial charge on any atom is -0.463 e. The van der Waals surface area contributed by atoms with E-state index in [1.807, 2.05) is 40.1 Å². The molecule has 4 rings (SSSR count). The highest BCUT2D eigenvalue weighted by atomic mass is 16.5. The minimum atomic E-state index is -0.286. The van der Waals surface area contributed by atoms with Gasteiger partial charge in [0.25, 0.3) is 0 Å². The summed E-state index contributed by atoms with van der Waals surface area (Å²) in [5, 5.41) is 4.49. The first-order valence-corrected chi connectivity index (χ1v) is 9.81. The quantitative estimate of drug-likeness (QED) is 0.658. The van der Waals surface area contributed by atoms with Gasteiger partial charge >= 0.3 is 5.97 Å². The second-order valence-electron chi connectivity index (χ2n) is 7.41. The van der Waals surface area contributed by atoms with E-state index in [0.29, 0.717) is 12.2 Å². The van der Waals surface area contributed by atoms with Gasteiger partial charge in [0, 0.05) is 43.0 Å². The lowest BCUT2D eigenvalue weighted by Crippen LogP contribution is -2.24. The van der Waals surface area contributed by atoms with E-state index in [9.17, 15) is 4.79 Å². The molecule has 3 aromatic rings. The van der Waals surface area contributed by atoms with Crippen LogP contribution in [-0.2, 0) is 9.53 Å². The molecule has 2 aromatic carbocycles. The van der Waals surface area contributed by atoms with Crippen molar-refractivity contribution < 1.29 is 9.53 Å². The standard InChI is InChI=1S/C24H25N3O2/c1-5-29-24(28)20-15(2)26-23-19(13-10-17-7-6-14-25-22(17)23)21(20)16-8-11-18(12-9-16)27(3)4/h6-14,21,26H,5H2,1-4H3. The van der Waals surface area contributed by atoms with E-state index in [1.54, 1.807) is 6.20 Å². The summed E-state index contributed by atoms with van der Waals surface area (Å²) in [7, 11) is 4.03. The maximum absolute atomic E-state index is 12.9. The fourth-order valence-corrected chi connectivity index (χ4v) is 3.95. The zero-order valence-electron chi connectivity index (χ0n) is 17.2. The number of nitrogens with zero attached hydrogens (tertiary/aromatic N) is 2. The van der Waals surface area contributed by atoms with Gasteiger partial charge in [0.05, 0.1) is 23.4 Å². The summed E-state index contributed by atoms with van der Waals surface area (Å²) in [6.07, 6.45) is 1.80. The monoisotopic (exact) mass is 387 g/mol. The number of ether oxygens (including phenoxy) is 1. The molecular formula is C24H25N3O2. The van der Waals surface area contributed by atoms with Crippen LogP contribution < -0.4 is 10.2 Å². The molecule has 148 valence electrons. The summed E-state index contributed by atoms with van der Waals surface area (Å²) in [6.45, 7) is 4.10. The number of anilines is 2. The van der Waals surface area contributed by atoms with Crippen molar-refractivity contribution in [1.82, 2.24) is 4.98 Å². The van der Waals surface area contributed by atoms with Crippen molar-refractivity contribution >= 4 is 28.2 Å². The fraction of sp³-hybridized carbons (Fsp3) is 0.250. The van der Waals surface area contributed by atoms with Crippen LogP contribution in [-0.4, -0.2) is 31.7 Å². The molecule has 5 heteroatoms. The van der Waals surface area contributed by atoms with Crippen LogP contribution in [0.15, 0.2) is 66.0 Å². The molecule has 0 bridgehead atoms. The molecule has 5 nitrogen and oxygen atoms in total. The smallest absolute Gasteiger partial charge is 0.336 e. The minimum absolute atomic E-state index is 0.215. The van der Waals surface area contributed by atoms with Gasteiger partial charge in [-0.1, -0.05) is 30.3 Å². The highest BCUT2D eigenvalue weighted by Gasteiger charge is 2.34. The molecule has 1 aliphatic heterocycles. The number of hydrogen-bond donors (Lipinski definition) is 1. The average Bonchev–Trinajstić information content (AvgIpc) is 2.73. The zero-order valence-corrected chi connectivity index (χ0v) is 17.2. The molecule has 0 radical (unpaired) electrons. The van der Waals surface area contributed by atoms with Gasteiger partial charge in [0.15, 0.2) is 0 Å². The number of rotatable bonds is 4. The number of benzene rings is 2. The highest BCUT2D eigenvalue weighted by molar-refractivity contribution is 6.00. The number of aromatic nitrogens is 1. The molecular weight excluding hydrogens is 362 g/mol. The molecule has 1 aromatic heterocycles. The second kappa shape index (κ2) is 7.59. The third-order valence-electron chi connectivity index (χ3n) is 5.36. The summed E-state index contributed by atoms with van der Waals surface area (Å²) in [5.74, 6) is -0.501. The van der Waals surface area contributed by atoms with Crippen molar-refractivity contribution in [3.8, 4) is 0 Å². The van der Waals surface area contributed by atoms with Crippen LogP contribution >= 0.6 is 0 Å². The van der Waals surface area contributed by atoms with Crippen molar-refractivity contribution in [2.45, 2.75) is 19.8 Å². The number of fused-ring (bicyclic) bond motifs is 3. The molecule has 29 heavy (non-hydrogen) atoms. The molecule has 0 amide bonds. The molecule has 0 spiro atoms. The van der Waals surface area contributed by atoms with Crippen LogP contribution in [0, 0.1) is 0 Å². The van der Waals surface area contributed by atoms with Crippen LogP contribution in [0.25, 0.3) is 10.9 Å². The van der Waals surface area contributed by atoms with Crippen molar-refractivity contribution in [1.29, 1.82) is 0 Å². The van der Waals surface area contributed by atoms with E-state index in [1.165, 1.54) is 0 Å². The summed E-state index contributed by atoms with van der Waals surface area (Å²) in [5.41, 5.74) is 6.50. The Morgan fingerprint density at radius 3 is 2.59 bits per heavy atom. The van der Waals surface area contributed by atoms with Gasteiger partial charge in [-0.25, -0.2) is 4.79 Å². The molecule has 0 saturated heterocycles. The summed E-state index contributed by atoms with van der Waals surface area (Å²) in [4.78, 5) is 19.5. The topological polar surface area (TPSA) is 54.5 Å². The lowest BCUT2D eigenvalue weighted by Gasteiger charge is -2.31. The maximum Gasteiger partial charge on any atom is 0.336 e. The van der Waals surface area contributed by atoms with Gasteiger partial charge in [0.1, 0.15) is 0 Å². The van der Waals surface area contributed by atoms with E-state index in [-0.39, 0.29) is 11.9 Å². The van der Waals surface area contributed by atoms with Gasteiger partial charge < -0.3 is 15.0 Å². The number of allylic oxidation sites excluding steroid dienone is 1. The van der Waals surface area contributed by atoms with E-state index in [0.717, 1.165) is 39.1 Å². The van der Waals surface area contributed by atoms with Crippen molar-refractivity contribution in [2.75, 3.05) is 30.9 Å². The highest BCUT2D eigenvalue weighted by Crippen LogP contribution is 2.44. The largest absolute Gasteiger partial charge is 0.463 e. The summed E-state index contributed by atoms with van der Waals surface area (Å²) < 4.78 is 5.41. The Hall–Kier alpha value is -3.34. The van der Waals surface area contributed by atoms with Crippen LogP contribution in [0.2, 0.25) is 0 Å². The Kier molecular flexibility index (Phi) is 4.97. The average molecular weight is 387 g/mol. The normalized spacial score (nSPS) is 15.7. The SMILES string of the molecule is CCOC(=O)C1=C(C)Nc2c(ccc3cccnc23)C1c1ccc(N(C)C)cc1. The van der Waals surface area contributed by atoms with Crippen LogP contribution in [0.4, 0.5) is 11.4 Å². The molecule has 0 aliphatic carbocycles. The number of carbonyl (C=O) groups is 1. The number of carbonyl (C=O) groups excluding carboxylic acids is 1. The third-order valence-corrected chi connectivity index (χ3v) is 5.36. The number of esters is 1. The first-order chi connectivity index (χ1) is 14.0. The number of pyridine rings is 1. The Morgan fingerprint density at radius 2 is 1.90 bits per heavy atom. The van der Waals surface area contributed by atoms with E-state index in [2.05, 4.69) is 51.6 Å². The molecule has 0 fully saturated rings. The molecule has 2 heterocycles. The molecule has 1 aliphatic rings. The molecule has 1 N–H and O–H groups in total. The van der Waals surface area contributed by atoms with E-state index >= 15 is 0 Å². The molecule has 1 atom stereocenters. The Labute approximate surface area is 171 Å². The fourth-order valence-electron chi connectivity index (χ4n) is 3.95. The summed E-state index contributed by atoms with van der Waals surface area (Å²) in [6, 6.07) is 16.5. The number of hydrogen-bond acceptors (Lipinski definition) is 5. The van der Waals surface area contributed by atoms with Crippen LogP contribution in [0.5, 0.6) is 0 Å². The van der Waals surface area contributed by atoms with Crippen molar-refractivity contribution in [3.63, 3.8) is 0 Å². The predicted octanol–water partition coefficient (Wildman–Crippen LogP) is 4.70. The summed E-state index contributed by atoms with van der Waals surface area (Å²) >= 11 is 0. The Morgan fingerprint density at radius 1 is 1.14 bits per heavy atom. The Bertz CT molecular complexity index is 1100. The van der Waals surface area contributed by atoms with Gasteiger partial charge in [-0.3, -0.25) is 4.98 Å². The van der Waals surface area contributed by atoms with E-state index in [4.69, 9.17) is 4.74 Å². The van der Waals surface area contributed by atoms with Crippen LogP contribution in [0.1, 0.15) is 30.9 Å². The first-order valence-electron chi connectivity index (χ1n) is 9.81. The molecule has 1 unspecified atom stereocenters. The van der Waals surface area contributed by atoms with Gasteiger partial charge in [-0.2, -0.15) is 0 Å². The third kappa shape index (κ3) is 3.33. The predicted molar refractivity (Wildman–Crippen MR) is 117 cm³/mol. The van der Waals surface area contributed by atoms with Crippen molar-refractivity contribution in [2.24, 2.45) is 0 Å². The van der Waals surface area contributed by atoms with E-state index < -0.39 is 0 Å². The molecule has 0 saturated carbocycles. The van der Waals surface area contributed by atoms with Crippen LogP contribution in [0.3, 0.4) is 0 Å².